The first kappa shape index (κ1) is 21.5. The van der Waals surface area contributed by atoms with Gasteiger partial charge < -0.3 is 29.9 Å². The SMILES string of the molecule is CC(C)(O)c1ccc(Cn2c3c(c(O)c(C(=O)NCC(=O)O)c2=O)COCC3)cc1. The summed E-state index contributed by atoms with van der Waals surface area (Å²) in [5, 5.41) is 31.5. The van der Waals surface area contributed by atoms with E-state index in [2.05, 4.69) is 5.32 Å². The largest absolute Gasteiger partial charge is 0.506 e. The first-order chi connectivity index (χ1) is 14.1. The van der Waals surface area contributed by atoms with Crippen LogP contribution in [0, 0.1) is 0 Å². The summed E-state index contributed by atoms with van der Waals surface area (Å²) in [7, 11) is 0. The van der Waals surface area contributed by atoms with Crippen LogP contribution in [-0.2, 0) is 34.7 Å². The standard InChI is InChI=1S/C21H24N2O7/c1-21(2,29)13-5-3-12(4-6-13)10-23-15-7-8-30-11-14(15)18(26)17(20(23)28)19(27)22-9-16(24)25/h3-6,26,29H,7-11H2,1-2H3,(H,22,27)(H,24,25). The number of benzene rings is 1. The summed E-state index contributed by atoms with van der Waals surface area (Å²) in [5.41, 5.74) is 0.186. The number of aliphatic carboxylic acids is 1. The Hall–Kier alpha value is -3.17. The third-order valence-corrected chi connectivity index (χ3v) is 5.01. The molecule has 2 aromatic rings. The molecule has 0 spiro atoms. The minimum absolute atomic E-state index is 0.0400. The molecular formula is C21H24N2O7. The summed E-state index contributed by atoms with van der Waals surface area (Å²) in [6, 6.07) is 7.08. The van der Waals surface area contributed by atoms with E-state index in [0.29, 0.717) is 29.8 Å². The van der Waals surface area contributed by atoms with Crippen LogP contribution in [0.25, 0.3) is 0 Å². The van der Waals surface area contributed by atoms with Crippen LogP contribution in [0.4, 0.5) is 0 Å². The Morgan fingerprint density at radius 3 is 2.50 bits per heavy atom. The van der Waals surface area contributed by atoms with Crippen LogP contribution in [-0.4, -0.2) is 44.9 Å². The average Bonchev–Trinajstić information content (AvgIpc) is 2.69. The molecule has 0 aliphatic carbocycles. The second-order valence-electron chi connectivity index (χ2n) is 7.68. The molecule has 1 aliphatic heterocycles. The van der Waals surface area contributed by atoms with Gasteiger partial charge in [-0.1, -0.05) is 24.3 Å². The number of rotatable bonds is 6. The van der Waals surface area contributed by atoms with Gasteiger partial charge in [-0.2, -0.15) is 0 Å². The molecule has 0 saturated heterocycles. The molecular weight excluding hydrogens is 392 g/mol. The van der Waals surface area contributed by atoms with Gasteiger partial charge in [0.1, 0.15) is 17.9 Å². The Bertz CT molecular complexity index is 1030. The summed E-state index contributed by atoms with van der Waals surface area (Å²) in [6.45, 7) is 3.22. The molecule has 0 unspecified atom stereocenters. The molecule has 0 fully saturated rings. The van der Waals surface area contributed by atoms with Crippen molar-refractivity contribution in [2.24, 2.45) is 0 Å². The van der Waals surface area contributed by atoms with Crippen LogP contribution in [0.1, 0.15) is 46.6 Å². The molecule has 4 N–H and O–H groups in total. The van der Waals surface area contributed by atoms with E-state index in [0.717, 1.165) is 5.56 Å². The number of nitrogens with zero attached hydrogens (tertiary/aromatic N) is 1. The number of hydrogen-bond donors (Lipinski definition) is 4. The highest BCUT2D eigenvalue weighted by Crippen LogP contribution is 2.28. The van der Waals surface area contributed by atoms with Crippen molar-refractivity contribution in [2.45, 2.75) is 39.0 Å². The number of aliphatic hydroxyl groups is 1. The minimum Gasteiger partial charge on any atom is -0.506 e. The number of fused-ring (bicyclic) bond motifs is 1. The van der Waals surface area contributed by atoms with E-state index in [1.807, 2.05) is 0 Å². The van der Waals surface area contributed by atoms with Crippen molar-refractivity contribution in [1.82, 2.24) is 9.88 Å². The summed E-state index contributed by atoms with van der Waals surface area (Å²) < 4.78 is 6.79. The van der Waals surface area contributed by atoms with E-state index >= 15 is 0 Å². The van der Waals surface area contributed by atoms with Crippen molar-refractivity contribution in [2.75, 3.05) is 13.2 Å². The van der Waals surface area contributed by atoms with Gasteiger partial charge >= 0.3 is 5.97 Å². The fourth-order valence-corrected chi connectivity index (χ4v) is 3.41. The predicted octanol–water partition coefficient (Wildman–Crippen LogP) is 0.717. The number of amides is 1. The van der Waals surface area contributed by atoms with E-state index in [4.69, 9.17) is 9.84 Å². The molecule has 1 aromatic heterocycles. The van der Waals surface area contributed by atoms with Gasteiger partial charge in [-0.3, -0.25) is 14.4 Å². The van der Waals surface area contributed by atoms with Gasteiger partial charge in [0.05, 0.1) is 25.4 Å². The van der Waals surface area contributed by atoms with Crippen molar-refractivity contribution >= 4 is 11.9 Å². The number of pyridine rings is 1. The number of carbonyl (C=O) groups excluding carboxylic acids is 1. The van der Waals surface area contributed by atoms with Gasteiger partial charge in [0.2, 0.25) is 0 Å². The quantitative estimate of drug-likeness (QED) is 0.544. The van der Waals surface area contributed by atoms with Crippen molar-refractivity contribution in [3.63, 3.8) is 0 Å². The maximum absolute atomic E-state index is 13.1. The number of aromatic hydroxyl groups is 1. The molecule has 0 bridgehead atoms. The van der Waals surface area contributed by atoms with Crippen LogP contribution >= 0.6 is 0 Å². The smallest absolute Gasteiger partial charge is 0.322 e. The van der Waals surface area contributed by atoms with Crippen LogP contribution in [0.3, 0.4) is 0 Å². The number of carbonyl (C=O) groups is 2. The fraction of sp³-hybridized carbons (Fsp3) is 0.381. The lowest BCUT2D eigenvalue weighted by Gasteiger charge is -2.24. The first-order valence-corrected chi connectivity index (χ1v) is 9.46. The summed E-state index contributed by atoms with van der Waals surface area (Å²) in [6.07, 6.45) is 0.386. The van der Waals surface area contributed by atoms with Crippen molar-refractivity contribution in [3.05, 3.63) is 62.6 Å². The highest BCUT2D eigenvalue weighted by Gasteiger charge is 2.28. The lowest BCUT2D eigenvalue weighted by atomic mass is 9.97. The zero-order valence-electron chi connectivity index (χ0n) is 16.8. The Balaban J connectivity index is 2.05. The molecule has 2 heterocycles. The number of nitrogens with one attached hydrogen (secondary N) is 1. The number of carboxylic acid groups (broad SMARTS) is 1. The van der Waals surface area contributed by atoms with Crippen LogP contribution in [0.15, 0.2) is 29.1 Å². The second-order valence-corrected chi connectivity index (χ2v) is 7.68. The monoisotopic (exact) mass is 416 g/mol. The Morgan fingerprint density at radius 1 is 1.23 bits per heavy atom. The first-order valence-electron chi connectivity index (χ1n) is 9.46. The van der Waals surface area contributed by atoms with Gasteiger partial charge in [0.15, 0.2) is 0 Å². The van der Waals surface area contributed by atoms with E-state index in [1.165, 1.54) is 4.57 Å². The number of ether oxygens (including phenoxy) is 1. The average molecular weight is 416 g/mol. The molecule has 0 atom stereocenters. The Kier molecular flexibility index (Phi) is 5.95. The summed E-state index contributed by atoms with van der Waals surface area (Å²) in [4.78, 5) is 36.3. The maximum Gasteiger partial charge on any atom is 0.322 e. The van der Waals surface area contributed by atoms with Gasteiger partial charge in [-0.25, -0.2) is 0 Å². The van der Waals surface area contributed by atoms with E-state index in [9.17, 15) is 24.6 Å². The lowest BCUT2D eigenvalue weighted by molar-refractivity contribution is -0.135. The normalized spacial score (nSPS) is 13.6. The molecule has 0 saturated carbocycles. The zero-order valence-corrected chi connectivity index (χ0v) is 16.8. The maximum atomic E-state index is 13.1. The second kappa shape index (κ2) is 8.29. The third kappa shape index (κ3) is 4.37. The zero-order chi connectivity index (χ0) is 22.1. The predicted molar refractivity (Wildman–Crippen MR) is 106 cm³/mol. The Labute approximate surface area is 172 Å². The minimum atomic E-state index is -1.27. The van der Waals surface area contributed by atoms with E-state index < -0.39 is 40.9 Å². The van der Waals surface area contributed by atoms with Crippen molar-refractivity contribution in [3.8, 4) is 5.75 Å². The topological polar surface area (TPSA) is 138 Å². The number of aromatic nitrogens is 1. The molecule has 3 rings (SSSR count). The highest BCUT2D eigenvalue weighted by atomic mass is 16.5. The molecule has 30 heavy (non-hydrogen) atoms. The van der Waals surface area contributed by atoms with E-state index in [1.54, 1.807) is 38.1 Å². The molecule has 0 radical (unpaired) electrons. The van der Waals surface area contributed by atoms with Crippen LogP contribution < -0.4 is 10.9 Å². The molecule has 1 amide bonds. The van der Waals surface area contributed by atoms with Crippen molar-refractivity contribution in [1.29, 1.82) is 0 Å². The van der Waals surface area contributed by atoms with Gasteiger partial charge in [0, 0.05) is 17.7 Å². The molecule has 1 aliphatic rings. The lowest BCUT2D eigenvalue weighted by Crippen LogP contribution is -2.38. The number of hydrogen-bond acceptors (Lipinski definition) is 6. The Morgan fingerprint density at radius 2 is 1.90 bits per heavy atom. The van der Waals surface area contributed by atoms with Crippen LogP contribution in [0.5, 0.6) is 5.75 Å². The van der Waals surface area contributed by atoms with Crippen LogP contribution in [0.2, 0.25) is 0 Å². The summed E-state index contributed by atoms with van der Waals surface area (Å²) >= 11 is 0. The molecule has 9 heteroatoms. The molecule has 160 valence electrons. The summed E-state index contributed by atoms with van der Waals surface area (Å²) in [5.74, 6) is -2.71. The molecule has 9 nitrogen and oxygen atoms in total. The third-order valence-electron chi connectivity index (χ3n) is 5.01. The van der Waals surface area contributed by atoms with Gasteiger partial charge in [0.25, 0.3) is 11.5 Å². The molecule has 1 aromatic carbocycles. The highest BCUT2D eigenvalue weighted by molar-refractivity contribution is 5.98. The van der Waals surface area contributed by atoms with Crippen molar-refractivity contribution < 1.29 is 29.6 Å². The number of carboxylic acids is 1. The van der Waals surface area contributed by atoms with Gasteiger partial charge in [-0.15, -0.1) is 0 Å². The van der Waals surface area contributed by atoms with E-state index in [-0.39, 0.29) is 13.2 Å². The fourth-order valence-electron chi connectivity index (χ4n) is 3.41. The van der Waals surface area contributed by atoms with Gasteiger partial charge in [-0.05, 0) is 25.0 Å².